The third-order valence-corrected chi connectivity index (χ3v) is 3.05. The van der Waals surface area contributed by atoms with Gasteiger partial charge in [0.15, 0.2) is 0 Å². The molecule has 0 spiro atoms. The topological polar surface area (TPSA) is 29.3 Å². The van der Waals surface area contributed by atoms with Crippen molar-refractivity contribution >= 4 is 5.52 Å². The smallest absolute Gasteiger partial charge is 0.128 e. The van der Waals surface area contributed by atoms with Gasteiger partial charge < -0.3 is 9.72 Å². The minimum absolute atomic E-state index is 0.246. The predicted molar refractivity (Wildman–Crippen MR) is 73.3 cm³/mol. The van der Waals surface area contributed by atoms with Crippen LogP contribution in [0.15, 0.2) is 48.7 Å². The lowest BCUT2D eigenvalue weighted by Crippen LogP contribution is -2.08. The van der Waals surface area contributed by atoms with Crippen molar-refractivity contribution in [1.29, 1.82) is 0 Å². The van der Waals surface area contributed by atoms with Crippen molar-refractivity contribution in [3.63, 3.8) is 0 Å². The molecule has 1 aromatic carbocycles. The number of aromatic nitrogens is 2. The molecule has 0 radical (unpaired) electrons. The van der Waals surface area contributed by atoms with Gasteiger partial charge in [-0.05, 0) is 31.3 Å². The SMILES string of the molecule is CNCc1nc(-c2cccc(F)c2)c2ccccn12. The van der Waals surface area contributed by atoms with Gasteiger partial charge in [-0.3, -0.25) is 0 Å². The van der Waals surface area contributed by atoms with E-state index in [4.69, 9.17) is 0 Å². The molecule has 2 aromatic heterocycles. The van der Waals surface area contributed by atoms with Crippen LogP contribution in [0.25, 0.3) is 16.8 Å². The summed E-state index contributed by atoms with van der Waals surface area (Å²) in [7, 11) is 1.88. The number of pyridine rings is 1. The van der Waals surface area contributed by atoms with Crippen LogP contribution in [0.3, 0.4) is 0 Å². The maximum atomic E-state index is 13.4. The zero-order valence-electron chi connectivity index (χ0n) is 10.6. The molecule has 0 aliphatic carbocycles. The Labute approximate surface area is 110 Å². The Morgan fingerprint density at radius 3 is 2.89 bits per heavy atom. The van der Waals surface area contributed by atoms with Crippen LogP contribution < -0.4 is 5.32 Å². The molecule has 0 atom stereocenters. The molecule has 0 saturated carbocycles. The summed E-state index contributed by atoms with van der Waals surface area (Å²) in [5.74, 6) is 0.669. The van der Waals surface area contributed by atoms with E-state index in [2.05, 4.69) is 10.3 Å². The number of fused-ring (bicyclic) bond motifs is 1. The standard InChI is InChI=1S/C15H14FN3/c1-17-10-14-18-15(11-5-4-6-12(16)9-11)13-7-2-3-8-19(13)14/h2-9,17H,10H2,1H3. The fraction of sp³-hybridized carbons (Fsp3) is 0.133. The molecule has 3 rings (SSSR count). The highest BCUT2D eigenvalue weighted by Crippen LogP contribution is 2.25. The van der Waals surface area contributed by atoms with E-state index in [9.17, 15) is 4.39 Å². The van der Waals surface area contributed by atoms with E-state index in [0.29, 0.717) is 6.54 Å². The van der Waals surface area contributed by atoms with Gasteiger partial charge in [0.2, 0.25) is 0 Å². The predicted octanol–water partition coefficient (Wildman–Crippen LogP) is 2.86. The Kier molecular flexibility index (Phi) is 3.01. The number of imidazole rings is 1. The van der Waals surface area contributed by atoms with Gasteiger partial charge >= 0.3 is 0 Å². The van der Waals surface area contributed by atoms with Crippen LogP contribution in [0.2, 0.25) is 0 Å². The van der Waals surface area contributed by atoms with Crippen molar-refractivity contribution in [2.75, 3.05) is 7.05 Å². The third kappa shape index (κ3) is 2.11. The van der Waals surface area contributed by atoms with Crippen molar-refractivity contribution in [2.24, 2.45) is 0 Å². The molecule has 0 aliphatic rings. The highest BCUT2D eigenvalue weighted by atomic mass is 19.1. The number of hydrogen-bond donors (Lipinski definition) is 1. The summed E-state index contributed by atoms with van der Waals surface area (Å²) in [6.45, 7) is 0.667. The number of hydrogen-bond acceptors (Lipinski definition) is 2. The van der Waals surface area contributed by atoms with Crippen molar-refractivity contribution in [2.45, 2.75) is 6.54 Å². The molecule has 96 valence electrons. The average Bonchev–Trinajstić information content (AvgIpc) is 2.79. The molecule has 0 unspecified atom stereocenters. The quantitative estimate of drug-likeness (QED) is 0.779. The summed E-state index contributed by atoms with van der Waals surface area (Å²) in [4.78, 5) is 4.62. The van der Waals surface area contributed by atoms with Crippen LogP contribution >= 0.6 is 0 Å². The van der Waals surface area contributed by atoms with Crippen LogP contribution in [-0.4, -0.2) is 16.4 Å². The third-order valence-electron chi connectivity index (χ3n) is 3.05. The Morgan fingerprint density at radius 1 is 1.21 bits per heavy atom. The lowest BCUT2D eigenvalue weighted by molar-refractivity contribution is 0.628. The monoisotopic (exact) mass is 255 g/mol. The normalized spacial score (nSPS) is 11.1. The van der Waals surface area contributed by atoms with E-state index in [0.717, 1.165) is 22.6 Å². The van der Waals surface area contributed by atoms with E-state index in [1.54, 1.807) is 6.07 Å². The molecule has 1 N–H and O–H groups in total. The number of benzene rings is 1. The maximum absolute atomic E-state index is 13.4. The van der Waals surface area contributed by atoms with E-state index in [-0.39, 0.29) is 5.82 Å². The summed E-state index contributed by atoms with van der Waals surface area (Å²) in [5, 5.41) is 3.09. The first-order valence-corrected chi connectivity index (χ1v) is 6.16. The van der Waals surface area contributed by atoms with Gasteiger partial charge in [-0.2, -0.15) is 0 Å². The fourth-order valence-corrected chi connectivity index (χ4v) is 2.23. The summed E-state index contributed by atoms with van der Waals surface area (Å²) >= 11 is 0. The lowest BCUT2D eigenvalue weighted by Gasteiger charge is -1.99. The summed E-state index contributed by atoms with van der Waals surface area (Å²) in [6.07, 6.45) is 1.97. The first-order chi connectivity index (χ1) is 9.29. The molecule has 0 bridgehead atoms. The molecule has 2 heterocycles. The molecule has 4 heteroatoms. The number of nitrogens with zero attached hydrogens (tertiary/aromatic N) is 2. The molecule has 3 aromatic rings. The van der Waals surface area contributed by atoms with Crippen molar-refractivity contribution in [3.8, 4) is 11.3 Å². The molecule has 0 amide bonds. The van der Waals surface area contributed by atoms with Gasteiger partial charge in [0.05, 0.1) is 17.8 Å². The Hall–Kier alpha value is -2.20. The van der Waals surface area contributed by atoms with Crippen LogP contribution in [-0.2, 0) is 6.54 Å². The molecule has 0 aliphatic heterocycles. The molecule has 3 nitrogen and oxygen atoms in total. The average molecular weight is 255 g/mol. The first-order valence-electron chi connectivity index (χ1n) is 6.16. The lowest BCUT2D eigenvalue weighted by atomic mass is 10.1. The van der Waals surface area contributed by atoms with Gasteiger partial charge in [-0.1, -0.05) is 18.2 Å². The fourth-order valence-electron chi connectivity index (χ4n) is 2.23. The van der Waals surface area contributed by atoms with E-state index < -0.39 is 0 Å². The second-order valence-electron chi connectivity index (χ2n) is 4.37. The Morgan fingerprint density at radius 2 is 2.11 bits per heavy atom. The minimum atomic E-state index is -0.246. The van der Waals surface area contributed by atoms with Gasteiger partial charge in [0.25, 0.3) is 0 Å². The van der Waals surface area contributed by atoms with E-state index >= 15 is 0 Å². The van der Waals surface area contributed by atoms with Crippen LogP contribution in [0.4, 0.5) is 4.39 Å². The second kappa shape index (κ2) is 4.82. The van der Waals surface area contributed by atoms with Gasteiger partial charge in [0, 0.05) is 11.8 Å². The van der Waals surface area contributed by atoms with Crippen LogP contribution in [0.1, 0.15) is 5.82 Å². The van der Waals surface area contributed by atoms with Crippen molar-refractivity contribution in [3.05, 3.63) is 60.3 Å². The largest absolute Gasteiger partial charge is 0.313 e. The van der Waals surface area contributed by atoms with Crippen molar-refractivity contribution < 1.29 is 4.39 Å². The van der Waals surface area contributed by atoms with Gasteiger partial charge in [-0.15, -0.1) is 0 Å². The van der Waals surface area contributed by atoms with Crippen LogP contribution in [0.5, 0.6) is 0 Å². The van der Waals surface area contributed by atoms with Crippen molar-refractivity contribution in [1.82, 2.24) is 14.7 Å². The molecular weight excluding hydrogens is 241 g/mol. The maximum Gasteiger partial charge on any atom is 0.128 e. The zero-order chi connectivity index (χ0) is 13.2. The first kappa shape index (κ1) is 11.9. The van der Waals surface area contributed by atoms with Crippen LogP contribution in [0, 0.1) is 5.82 Å². The number of nitrogens with one attached hydrogen (secondary N) is 1. The molecule has 0 fully saturated rings. The van der Waals surface area contributed by atoms with E-state index in [1.165, 1.54) is 12.1 Å². The second-order valence-corrected chi connectivity index (χ2v) is 4.37. The minimum Gasteiger partial charge on any atom is -0.313 e. The summed E-state index contributed by atoms with van der Waals surface area (Å²) in [5.41, 5.74) is 2.59. The molecular formula is C15H14FN3. The van der Waals surface area contributed by atoms with E-state index in [1.807, 2.05) is 41.9 Å². The molecule has 19 heavy (non-hydrogen) atoms. The van der Waals surface area contributed by atoms with Gasteiger partial charge in [-0.25, -0.2) is 9.37 Å². The summed E-state index contributed by atoms with van der Waals surface area (Å²) < 4.78 is 15.4. The summed E-state index contributed by atoms with van der Waals surface area (Å²) in [6, 6.07) is 12.4. The number of rotatable bonds is 3. The Bertz CT molecular complexity index is 718. The Balaban J connectivity index is 2.23. The molecule has 0 saturated heterocycles. The highest BCUT2D eigenvalue weighted by molar-refractivity contribution is 5.77. The number of halogens is 1. The highest BCUT2D eigenvalue weighted by Gasteiger charge is 2.11. The van der Waals surface area contributed by atoms with Gasteiger partial charge in [0.1, 0.15) is 11.6 Å². The zero-order valence-corrected chi connectivity index (χ0v) is 10.6.